The van der Waals surface area contributed by atoms with Crippen molar-refractivity contribution < 1.29 is 5.03 Å². The van der Waals surface area contributed by atoms with Crippen molar-refractivity contribution in [2.24, 2.45) is 5.73 Å². The van der Waals surface area contributed by atoms with Gasteiger partial charge < -0.3 is 5.73 Å². The minimum absolute atomic E-state index is 0.0322. The molecule has 0 amide bonds. The number of aromatic nitrogens is 2. The van der Waals surface area contributed by atoms with E-state index in [0.29, 0.717) is 6.54 Å². The standard InChI is InChI=1S/C14H17N5O2/c1-14(2,11-5-3-4-10(6-11)7-15)12-8-16-13(17-9-12)18-19(20)21/h3-6,8-9H,7,15H2,1-2H3,(H,16,17,18). The Morgan fingerprint density at radius 3 is 2.52 bits per heavy atom. The Balaban J connectivity index is 2.31. The number of nitrogens with one attached hydrogen (secondary N) is 1. The average molecular weight is 287 g/mol. The van der Waals surface area contributed by atoms with Crippen LogP contribution in [0.3, 0.4) is 0 Å². The molecule has 1 heterocycles. The van der Waals surface area contributed by atoms with Crippen molar-refractivity contribution in [2.45, 2.75) is 25.8 Å². The first-order valence-corrected chi connectivity index (χ1v) is 6.46. The van der Waals surface area contributed by atoms with Gasteiger partial charge in [-0.3, -0.25) is 0 Å². The van der Waals surface area contributed by atoms with Crippen molar-refractivity contribution in [3.8, 4) is 0 Å². The molecule has 0 aliphatic carbocycles. The number of hydrazine groups is 1. The molecule has 3 N–H and O–H groups in total. The molecule has 0 saturated carbocycles. The molecule has 110 valence electrons. The first-order chi connectivity index (χ1) is 9.93. The fraction of sp³-hybridized carbons (Fsp3) is 0.286. The van der Waals surface area contributed by atoms with Crippen molar-refractivity contribution in [1.82, 2.24) is 9.97 Å². The molecule has 0 bridgehead atoms. The van der Waals surface area contributed by atoms with Crippen molar-refractivity contribution >= 4 is 5.95 Å². The minimum atomic E-state index is -0.690. The molecule has 7 heteroatoms. The SMILES string of the molecule is CC(C)(c1cnc(N[N+](=O)[O-])nc1)c1cccc(CN)c1. The van der Waals surface area contributed by atoms with Crippen LogP contribution in [0.15, 0.2) is 36.7 Å². The van der Waals surface area contributed by atoms with Gasteiger partial charge in [0.25, 0.3) is 5.95 Å². The highest BCUT2D eigenvalue weighted by Crippen LogP contribution is 2.31. The maximum absolute atomic E-state index is 10.3. The van der Waals surface area contributed by atoms with E-state index in [1.165, 1.54) is 0 Å². The zero-order chi connectivity index (χ0) is 15.5. The lowest BCUT2D eigenvalue weighted by molar-refractivity contribution is -0.446. The molecule has 1 aromatic heterocycles. The first kappa shape index (κ1) is 14.9. The molecule has 0 saturated heterocycles. The highest BCUT2D eigenvalue weighted by Gasteiger charge is 2.24. The van der Waals surface area contributed by atoms with Gasteiger partial charge in [0, 0.05) is 24.4 Å². The number of nitrogens with two attached hydrogens (primary N) is 1. The summed E-state index contributed by atoms with van der Waals surface area (Å²) in [5, 5.41) is 9.66. The second-order valence-corrected chi connectivity index (χ2v) is 5.19. The molecule has 7 nitrogen and oxygen atoms in total. The lowest BCUT2D eigenvalue weighted by Crippen LogP contribution is -2.20. The van der Waals surface area contributed by atoms with Crippen LogP contribution < -0.4 is 11.2 Å². The highest BCUT2D eigenvalue weighted by atomic mass is 16.7. The van der Waals surface area contributed by atoms with E-state index < -0.39 is 5.03 Å². The molecule has 0 aliphatic heterocycles. The van der Waals surface area contributed by atoms with Gasteiger partial charge in [0.1, 0.15) is 0 Å². The van der Waals surface area contributed by atoms with Crippen LogP contribution in [0.1, 0.15) is 30.5 Å². The zero-order valence-electron chi connectivity index (χ0n) is 11.9. The van der Waals surface area contributed by atoms with E-state index in [-0.39, 0.29) is 11.4 Å². The summed E-state index contributed by atoms with van der Waals surface area (Å²) in [6, 6.07) is 7.99. The van der Waals surface area contributed by atoms with Gasteiger partial charge >= 0.3 is 0 Å². The van der Waals surface area contributed by atoms with E-state index in [9.17, 15) is 10.1 Å². The average Bonchev–Trinajstić information content (AvgIpc) is 2.47. The third-order valence-corrected chi connectivity index (χ3v) is 3.45. The van der Waals surface area contributed by atoms with E-state index in [1.54, 1.807) is 12.4 Å². The van der Waals surface area contributed by atoms with Gasteiger partial charge in [-0.1, -0.05) is 43.5 Å². The molecular formula is C14H17N5O2. The maximum atomic E-state index is 10.3. The van der Waals surface area contributed by atoms with Gasteiger partial charge in [-0.2, -0.15) is 0 Å². The van der Waals surface area contributed by atoms with Gasteiger partial charge in [0.2, 0.25) is 0 Å². The molecule has 0 atom stereocenters. The van der Waals surface area contributed by atoms with Crippen molar-refractivity contribution in [2.75, 3.05) is 5.43 Å². The molecule has 0 unspecified atom stereocenters. The van der Waals surface area contributed by atoms with E-state index >= 15 is 0 Å². The normalized spacial score (nSPS) is 11.2. The number of benzene rings is 1. The van der Waals surface area contributed by atoms with E-state index in [2.05, 4.69) is 9.97 Å². The summed E-state index contributed by atoms with van der Waals surface area (Å²) in [6.45, 7) is 4.57. The molecule has 21 heavy (non-hydrogen) atoms. The molecule has 1 aromatic carbocycles. The van der Waals surface area contributed by atoms with Crippen LogP contribution in [0.2, 0.25) is 0 Å². The second kappa shape index (κ2) is 5.84. The smallest absolute Gasteiger partial charge is 0.284 e. The largest absolute Gasteiger partial charge is 0.326 e. The predicted molar refractivity (Wildman–Crippen MR) is 79.1 cm³/mol. The molecule has 0 radical (unpaired) electrons. The number of anilines is 1. The number of nitro groups is 1. The number of hydrogen-bond acceptors (Lipinski definition) is 5. The molecule has 0 spiro atoms. The van der Waals surface area contributed by atoms with Crippen molar-refractivity contribution in [1.29, 1.82) is 0 Å². The van der Waals surface area contributed by atoms with Crippen LogP contribution in [-0.4, -0.2) is 15.0 Å². The van der Waals surface area contributed by atoms with Gasteiger partial charge in [-0.05, 0) is 16.7 Å². The van der Waals surface area contributed by atoms with E-state index in [1.807, 2.05) is 43.5 Å². The van der Waals surface area contributed by atoms with Crippen LogP contribution in [0.25, 0.3) is 0 Å². The van der Waals surface area contributed by atoms with E-state index in [0.717, 1.165) is 16.7 Å². The third kappa shape index (κ3) is 3.32. The lowest BCUT2D eigenvalue weighted by atomic mass is 9.79. The summed E-state index contributed by atoms with van der Waals surface area (Å²) in [7, 11) is 0. The first-order valence-electron chi connectivity index (χ1n) is 6.46. The lowest BCUT2D eigenvalue weighted by Gasteiger charge is -2.25. The molecule has 2 rings (SSSR count). The predicted octanol–water partition coefficient (Wildman–Crippen LogP) is 1.86. The number of hydrogen-bond donors (Lipinski definition) is 2. The Hall–Kier alpha value is -2.54. The van der Waals surface area contributed by atoms with Gasteiger partial charge in [-0.25, -0.2) is 20.1 Å². The summed E-state index contributed by atoms with van der Waals surface area (Å²) in [4.78, 5) is 18.3. The fourth-order valence-electron chi connectivity index (χ4n) is 2.04. The van der Waals surface area contributed by atoms with Crippen LogP contribution in [0.5, 0.6) is 0 Å². The summed E-state index contributed by atoms with van der Waals surface area (Å²) in [6.07, 6.45) is 3.18. The van der Waals surface area contributed by atoms with Gasteiger partial charge in [-0.15, -0.1) is 0 Å². The van der Waals surface area contributed by atoms with Gasteiger partial charge in [0.15, 0.2) is 5.03 Å². The summed E-state index contributed by atoms with van der Waals surface area (Å²) >= 11 is 0. The monoisotopic (exact) mass is 287 g/mol. The van der Waals surface area contributed by atoms with Crippen LogP contribution in [-0.2, 0) is 12.0 Å². The van der Waals surface area contributed by atoms with Crippen LogP contribution in [0.4, 0.5) is 5.95 Å². The molecule has 0 fully saturated rings. The van der Waals surface area contributed by atoms with Crippen LogP contribution >= 0.6 is 0 Å². The Kier molecular flexibility index (Phi) is 4.13. The Morgan fingerprint density at radius 2 is 1.95 bits per heavy atom. The number of nitrogens with zero attached hydrogens (tertiary/aromatic N) is 3. The minimum Gasteiger partial charge on any atom is -0.326 e. The topological polar surface area (TPSA) is 107 Å². The number of rotatable bonds is 5. The summed E-state index contributed by atoms with van der Waals surface area (Å²) < 4.78 is 0. The quantitative estimate of drug-likeness (QED) is 0.642. The summed E-state index contributed by atoms with van der Waals surface area (Å²) in [5.74, 6) is -0.0322. The molecule has 0 aliphatic rings. The Bertz CT molecular complexity index is 640. The van der Waals surface area contributed by atoms with E-state index in [4.69, 9.17) is 5.73 Å². The fourth-order valence-corrected chi connectivity index (χ4v) is 2.04. The van der Waals surface area contributed by atoms with Crippen molar-refractivity contribution in [3.63, 3.8) is 0 Å². The zero-order valence-corrected chi connectivity index (χ0v) is 11.9. The van der Waals surface area contributed by atoms with Gasteiger partial charge in [0.05, 0.1) is 0 Å². The Morgan fingerprint density at radius 1 is 1.29 bits per heavy atom. The summed E-state index contributed by atoms with van der Waals surface area (Å²) in [5.41, 5.74) is 10.3. The molecular weight excluding hydrogens is 270 g/mol. The van der Waals surface area contributed by atoms with Crippen LogP contribution in [0, 0.1) is 10.1 Å². The Labute approximate surface area is 122 Å². The third-order valence-electron chi connectivity index (χ3n) is 3.45. The highest BCUT2D eigenvalue weighted by molar-refractivity contribution is 5.38. The van der Waals surface area contributed by atoms with Crippen molar-refractivity contribution in [3.05, 3.63) is 63.5 Å². The molecule has 2 aromatic rings. The maximum Gasteiger partial charge on any atom is 0.284 e. The second-order valence-electron chi connectivity index (χ2n) is 5.19.